The maximum atomic E-state index is 5.94. The fourth-order valence-electron chi connectivity index (χ4n) is 2.54. The van der Waals surface area contributed by atoms with Gasteiger partial charge in [0.25, 0.3) is 0 Å². The molecule has 2 heterocycles. The van der Waals surface area contributed by atoms with E-state index in [2.05, 4.69) is 22.4 Å². The second-order valence-electron chi connectivity index (χ2n) is 5.03. The maximum absolute atomic E-state index is 5.94. The predicted molar refractivity (Wildman–Crippen MR) is 86.1 cm³/mol. The summed E-state index contributed by atoms with van der Waals surface area (Å²) < 4.78 is 5.85. The minimum absolute atomic E-state index is 0.746. The molecule has 1 N–H and O–H groups in total. The second kappa shape index (κ2) is 4.93. The van der Waals surface area contributed by atoms with E-state index in [9.17, 15) is 0 Å². The monoisotopic (exact) mass is 296 g/mol. The quantitative estimate of drug-likeness (QED) is 0.773. The number of halogens is 1. The number of fused-ring (bicyclic) bond motifs is 1. The van der Waals surface area contributed by atoms with Gasteiger partial charge < -0.3 is 9.73 Å². The van der Waals surface area contributed by atoms with Crippen LogP contribution in [0.15, 0.2) is 57.9 Å². The predicted octanol–water partition coefficient (Wildman–Crippen LogP) is 4.10. The van der Waals surface area contributed by atoms with Gasteiger partial charge in [0.1, 0.15) is 5.58 Å². The molecule has 0 atom stereocenters. The van der Waals surface area contributed by atoms with E-state index >= 15 is 0 Å². The second-order valence-corrected chi connectivity index (χ2v) is 5.46. The molecule has 21 heavy (non-hydrogen) atoms. The molecule has 0 unspecified atom stereocenters. The molecular weight excluding hydrogens is 284 g/mol. The van der Waals surface area contributed by atoms with Gasteiger partial charge in [-0.25, -0.2) is 0 Å². The topological polar surface area (TPSA) is 37.5 Å². The molecule has 0 aliphatic carbocycles. The minimum Gasteiger partial charge on any atom is -0.453 e. The van der Waals surface area contributed by atoms with Gasteiger partial charge in [-0.1, -0.05) is 29.8 Å². The number of nitrogens with zero attached hydrogens (tertiary/aromatic N) is 1. The van der Waals surface area contributed by atoms with Crippen LogP contribution in [0.4, 0.5) is 0 Å². The highest BCUT2D eigenvalue weighted by Crippen LogP contribution is 2.27. The first-order valence-electron chi connectivity index (χ1n) is 6.88. The molecule has 4 rings (SSSR count). The van der Waals surface area contributed by atoms with Gasteiger partial charge in [0.15, 0.2) is 11.6 Å². The summed E-state index contributed by atoms with van der Waals surface area (Å²) in [7, 11) is 0. The summed E-state index contributed by atoms with van der Waals surface area (Å²) in [5.41, 5.74) is 3.16. The highest BCUT2D eigenvalue weighted by molar-refractivity contribution is 6.30. The van der Waals surface area contributed by atoms with Crippen LogP contribution in [0.25, 0.3) is 22.1 Å². The van der Waals surface area contributed by atoms with Crippen molar-refractivity contribution in [1.29, 1.82) is 0 Å². The third-order valence-corrected chi connectivity index (χ3v) is 3.85. The molecule has 0 spiro atoms. The molecule has 0 amide bonds. The van der Waals surface area contributed by atoms with Crippen LogP contribution in [-0.2, 0) is 0 Å². The molecule has 1 aromatic heterocycles. The summed E-state index contributed by atoms with van der Waals surface area (Å²) in [6.07, 6.45) is 0. The Hall–Kier alpha value is -2.26. The Morgan fingerprint density at radius 1 is 1.00 bits per heavy atom. The van der Waals surface area contributed by atoms with E-state index in [-0.39, 0.29) is 0 Å². The molecule has 4 heteroatoms. The number of nitrogens with one attached hydrogen (secondary N) is 1. The zero-order valence-electron chi connectivity index (χ0n) is 11.3. The fourth-order valence-corrected chi connectivity index (χ4v) is 2.67. The average molecular weight is 297 g/mol. The summed E-state index contributed by atoms with van der Waals surface area (Å²) in [5, 5.41) is 5.05. The SMILES string of the molecule is Clc1ccc(-c2ccc3oc(C4=NCCN4)cc3c2)cc1. The first-order chi connectivity index (χ1) is 10.3. The van der Waals surface area contributed by atoms with E-state index < -0.39 is 0 Å². The van der Waals surface area contributed by atoms with Crippen LogP contribution >= 0.6 is 11.6 Å². The van der Waals surface area contributed by atoms with Crippen molar-refractivity contribution in [3.8, 4) is 11.1 Å². The molecule has 0 radical (unpaired) electrons. The van der Waals surface area contributed by atoms with Gasteiger partial charge in [-0.05, 0) is 41.5 Å². The van der Waals surface area contributed by atoms with Crippen molar-refractivity contribution >= 4 is 28.4 Å². The molecule has 2 aromatic carbocycles. The van der Waals surface area contributed by atoms with Crippen molar-refractivity contribution in [2.75, 3.05) is 13.1 Å². The number of benzene rings is 2. The van der Waals surface area contributed by atoms with Gasteiger partial charge in [0, 0.05) is 17.0 Å². The van der Waals surface area contributed by atoms with Gasteiger partial charge in [0.05, 0.1) is 6.54 Å². The van der Waals surface area contributed by atoms with Gasteiger partial charge in [-0.3, -0.25) is 4.99 Å². The minimum atomic E-state index is 0.746. The van der Waals surface area contributed by atoms with E-state index in [1.54, 1.807) is 0 Å². The molecule has 3 nitrogen and oxygen atoms in total. The molecule has 3 aromatic rings. The van der Waals surface area contributed by atoms with Gasteiger partial charge in [-0.2, -0.15) is 0 Å². The van der Waals surface area contributed by atoms with Crippen LogP contribution in [0.2, 0.25) is 5.02 Å². The normalized spacial score (nSPS) is 14.2. The first-order valence-corrected chi connectivity index (χ1v) is 7.26. The lowest BCUT2D eigenvalue weighted by Crippen LogP contribution is -2.18. The van der Waals surface area contributed by atoms with Crippen molar-refractivity contribution in [2.45, 2.75) is 0 Å². The van der Waals surface area contributed by atoms with Crippen LogP contribution in [0.1, 0.15) is 5.76 Å². The van der Waals surface area contributed by atoms with Crippen LogP contribution < -0.4 is 5.32 Å². The van der Waals surface area contributed by atoms with Crippen molar-refractivity contribution in [3.63, 3.8) is 0 Å². The maximum Gasteiger partial charge on any atom is 0.170 e. The molecule has 0 saturated carbocycles. The summed E-state index contributed by atoms with van der Waals surface area (Å²) in [5.74, 6) is 1.65. The Morgan fingerprint density at radius 3 is 2.57 bits per heavy atom. The lowest BCUT2D eigenvalue weighted by atomic mass is 10.0. The lowest BCUT2D eigenvalue weighted by molar-refractivity contribution is 0.602. The van der Waals surface area contributed by atoms with Crippen molar-refractivity contribution < 1.29 is 4.42 Å². The molecule has 104 valence electrons. The molecule has 0 saturated heterocycles. The third kappa shape index (κ3) is 2.30. The van der Waals surface area contributed by atoms with Gasteiger partial charge >= 0.3 is 0 Å². The average Bonchev–Trinajstić information content (AvgIpc) is 3.16. The molecule has 1 aliphatic rings. The molecule has 0 bridgehead atoms. The van der Waals surface area contributed by atoms with Crippen LogP contribution in [0.5, 0.6) is 0 Å². The smallest absolute Gasteiger partial charge is 0.170 e. The van der Waals surface area contributed by atoms with E-state index in [0.29, 0.717) is 0 Å². The molecular formula is C17H13ClN2O. The van der Waals surface area contributed by atoms with E-state index in [4.69, 9.17) is 16.0 Å². The Labute approximate surface area is 127 Å². The number of hydrogen-bond donors (Lipinski definition) is 1. The van der Waals surface area contributed by atoms with Gasteiger partial charge in [-0.15, -0.1) is 0 Å². The van der Waals surface area contributed by atoms with Gasteiger partial charge in [0.2, 0.25) is 0 Å². The van der Waals surface area contributed by atoms with E-state index in [1.807, 2.05) is 36.4 Å². The highest BCUT2D eigenvalue weighted by atomic mass is 35.5. The number of furan rings is 1. The van der Waals surface area contributed by atoms with Crippen molar-refractivity contribution in [3.05, 3.63) is 59.3 Å². The van der Waals surface area contributed by atoms with E-state index in [1.165, 1.54) is 0 Å². The summed E-state index contributed by atoms with van der Waals surface area (Å²) in [6.45, 7) is 1.69. The number of hydrogen-bond acceptors (Lipinski definition) is 3. The Kier molecular flexibility index (Phi) is 2.93. The highest BCUT2D eigenvalue weighted by Gasteiger charge is 2.13. The molecule has 0 fully saturated rings. The van der Waals surface area contributed by atoms with Crippen LogP contribution in [-0.4, -0.2) is 18.9 Å². The fraction of sp³-hybridized carbons (Fsp3) is 0.118. The van der Waals surface area contributed by atoms with Crippen molar-refractivity contribution in [1.82, 2.24) is 5.32 Å². The summed E-state index contributed by atoms with van der Waals surface area (Å²) in [6, 6.07) is 16.1. The largest absolute Gasteiger partial charge is 0.453 e. The Morgan fingerprint density at radius 2 is 1.81 bits per heavy atom. The first kappa shape index (κ1) is 12.5. The number of amidine groups is 1. The number of aliphatic imine (C=N–C) groups is 1. The van der Waals surface area contributed by atoms with Crippen molar-refractivity contribution in [2.24, 2.45) is 4.99 Å². The summed E-state index contributed by atoms with van der Waals surface area (Å²) >= 11 is 5.94. The van der Waals surface area contributed by atoms with Crippen LogP contribution in [0, 0.1) is 0 Å². The Bertz CT molecular complexity index is 834. The van der Waals surface area contributed by atoms with Crippen LogP contribution in [0.3, 0.4) is 0 Å². The lowest BCUT2D eigenvalue weighted by Gasteiger charge is -2.01. The molecule has 1 aliphatic heterocycles. The summed E-state index contributed by atoms with van der Waals surface area (Å²) in [4.78, 5) is 4.39. The Balaban J connectivity index is 1.77. The zero-order chi connectivity index (χ0) is 14.2. The zero-order valence-corrected chi connectivity index (χ0v) is 12.0. The van der Waals surface area contributed by atoms with E-state index in [0.717, 1.165) is 51.8 Å². The standard InChI is InChI=1S/C17H13ClN2O/c18-14-4-1-11(2-5-14)12-3-6-15-13(9-12)10-16(21-15)17-19-7-8-20-17/h1-6,9-10H,7-8H2,(H,19,20). The third-order valence-electron chi connectivity index (χ3n) is 3.60. The number of rotatable bonds is 2.